The average molecular weight is 286 g/mol. The number of hydrogen-bond acceptors (Lipinski definition) is 4. The molecule has 1 fully saturated rings. The van der Waals surface area contributed by atoms with Crippen LogP contribution in [0, 0.1) is 5.92 Å². The lowest BCUT2D eigenvalue weighted by atomic mass is 9.97. The molecular weight excluding hydrogens is 262 g/mol. The summed E-state index contributed by atoms with van der Waals surface area (Å²) in [6, 6.07) is 11.0. The zero-order valence-electron chi connectivity index (χ0n) is 11.6. The lowest BCUT2D eigenvalue weighted by molar-refractivity contribution is 0.304. The van der Waals surface area contributed by atoms with Crippen LogP contribution < -0.4 is 20.9 Å². The summed E-state index contributed by atoms with van der Waals surface area (Å²) in [6.07, 6.45) is 0. The van der Waals surface area contributed by atoms with Crippen LogP contribution >= 0.6 is 12.4 Å². The largest absolute Gasteiger partial charge is 0.492 e. The molecule has 3 N–H and O–H groups in total. The molecule has 1 aromatic rings. The van der Waals surface area contributed by atoms with E-state index >= 15 is 0 Å². The maximum absolute atomic E-state index is 5.63. The van der Waals surface area contributed by atoms with E-state index in [1.165, 1.54) is 0 Å². The Morgan fingerprint density at radius 3 is 2.37 bits per heavy atom. The highest BCUT2D eigenvalue weighted by molar-refractivity contribution is 5.85. The van der Waals surface area contributed by atoms with Gasteiger partial charge in [0.05, 0.1) is 0 Å². The van der Waals surface area contributed by atoms with E-state index in [4.69, 9.17) is 4.74 Å². The second kappa shape index (κ2) is 8.38. The highest BCUT2D eigenvalue weighted by atomic mass is 35.5. The molecule has 1 aliphatic heterocycles. The molecule has 4 nitrogen and oxygen atoms in total. The summed E-state index contributed by atoms with van der Waals surface area (Å²) in [7, 11) is 0. The molecule has 108 valence electrons. The maximum atomic E-state index is 5.63. The minimum atomic E-state index is 0. The van der Waals surface area contributed by atoms with Gasteiger partial charge in [0.25, 0.3) is 0 Å². The van der Waals surface area contributed by atoms with Gasteiger partial charge in [-0.3, -0.25) is 10.9 Å². The highest BCUT2D eigenvalue weighted by Gasteiger charge is 2.28. The number of para-hydroxylation sites is 1. The van der Waals surface area contributed by atoms with E-state index in [0.717, 1.165) is 18.8 Å². The molecule has 0 radical (unpaired) electrons. The first-order chi connectivity index (χ1) is 8.77. The van der Waals surface area contributed by atoms with Crippen LogP contribution in [0.3, 0.4) is 0 Å². The molecule has 0 bridgehead atoms. The quantitative estimate of drug-likeness (QED) is 0.695. The predicted molar refractivity (Wildman–Crippen MR) is 80.7 cm³/mol. The third-order valence-electron chi connectivity index (χ3n) is 3.49. The molecule has 0 aliphatic carbocycles. The van der Waals surface area contributed by atoms with Gasteiger partial charge in [-0.05, 0) is 26.0 Å². The zero-order chi connectivity index (χ0) is 12.8. The fraction of sp³-hybridized carbons (Fsp3) is 0.571. The van der Waals surface area contributed by atoms with Gasteiger partial charge >= 0.3 is 0 Å². The molecular formula is C14H24ClN3O. The van der Waals surface area contributed by atoms with Crippen molar-refractivity contribution >= 4 is 12.4 Å². The fourth-order valence-corrected chi connectivity index (χ4v) is 2.29. The average Bonchev–Trinajstić information content (AvgIpc) is 2.71. The van der Waals surface area contributed by atoms with Crippen molar-refractivity contribution in [3.8, 4) is 5.75 Å². The standard InChI is InChI=1S/C14H23N3O.ClH/c1-11-14(12(2)17-16-11)10-15-8-9-18-13-6-4-3-5-7-13;/h3-7,11-12,14-17H,8-10H2,1-2H3;1H. The van der Waals surface area contributed by atoms with E-state index in [9.17, 15) is 0 Å². The van der Waals surface area contributed by atoms with E-state index in [0.29, 0.717) is 24.6 Å². The Bertz CT molecular complexity index is 340. The summed E-state index contributed by atoms with van der Waals surface area (Å²) in [5.41, 5.74) is 6.53. The molecule has 0 spiro atoms. The van der Waals surface area contributed by atoms with Gasteiger partial charge in [0.15, 0.2) is 0 Å². The highest BCUT2D eigenvalue weighted by Crippen LogP contribution is 2.12. The number of rotatable bonds is 6. The number of hydrogen-bond donors (Lipinski definition) is 3. The summed E-state index contributed by atoms with van der Waals surface area (Å²) < 4.78 is 5.63. The Hall–Kier alpha value is -0.810. The Balaban J connectivity index is 0.00000180. The molecule has 1 saturated heterocycles. The predicted octanol–water partition coefficient (Wildman–Crippen LogP) is 1.58. The van der Waals surface area contributed by atoms with Crippen LogP contribution in [0.1, 0.15) is 13.8 Å². The topological polar surface area (TPSA) is 45.3 Å². The van der Waals surface area contributed by atoms with Crippen LogP contribution in [-0.2, 0) is 0 Å². The van der Waals surface area contributed by atoms with Crippen LogP contribution in [0.15, 0.2) is 30.3 Å². The van der Waals surface area contributed by atoms with Crippen LogP contribution in [0.25, 0.3) is 0 Å². The zero-order valence-corrected chi connectivity index (χ0v) is 12.4. The van der Waals surface area contributed by atoms with Gasteiger partial charge in [-0.15, -0.1) is 12.4 Å². The molecule has 0 aromatic heterocycles. The lowest BCUT2D eigenvalue weighted by Gasteiger charge is -2.18. The molecule has 19 heavy (non-hydrogen) atoms. The first-order valence-electron chi connectivity index (χ1n) is 6.67. The van der Waals surface area contributed by atoms with Crippen LogP contribution in [0.2, 0.25) is 0 Å². The van der Waals surface area contributed by atoms with E-state index in [1.54, 1.807) is 0 Å². The van der Waals surface area contributed by atoms with Crippen LogP contribution in [-0.4, -0.2) is 31.8 Å². The lowest BCUT2D eigenvalue weighted by Crippen LogP contribution is -2.35. The minimum Gasteiger partial charge on any atom is -0.492 e. The summed E-state index contributed by atoms with van der Waals surface area (Å²) in [6.45, 7) is 7.03. The Kier molecular flexibility index (Phi) is 7.16. The van der Waals surface area contributed by atoms with Crippen molar-refractivity contribution in [1.82, 2.24) is 16.2 Å². The monoisotopic (exact) mass is 285 g/mol. The van der Waals surface area contributed by atoms with E-state index in [1.807, 2.05) is 30.3 Å². The van der Waals surface area contributed by atoms with E-state index in [-0.39, 0.29) is 12.4 Å². The van der Waals surface area contributed by atoms with E-state index < -0.39 is 0 Å². The number of nitrogens with one attached hydrogen (secondary N) is 3. The van der Waals surface area contributed by atoms with Gasteiger partial charge in [0.1, 0.15) is 12.4 Å². The molecule has 0 saturated carbocycles. The van der Waals surface area contributed by atoms with Gasteiger partial charge < -0.3 is 10.1 Å². The van der Waals surface area contributed by atoms with Gasteiger partial charge in [-0.2, -0.15) is 0 Å². The molecule has 2 atom stereocenters. The molecule has 2 rings (SSSR count). The summed E-state index contributed by atoms with van der Waals surface area (Å²) in [4.78, 5) is 0. The van der Waals surface area contributed by atoms with Gasteiger partial charge in [-0.25, -0.2) is 0 Å². The van der Waals surface area contributed by atoms with Crippen molar-refractivity contribution in [2.75, 3.05) is 19.7 Å². The van der Waals surface area contributed by atoms with Crippen molar-refractivity contribution < 1.29 is 4.74 Å². The van der Waals surface area contributed by atoms with Crippen molar-refractivity contribution in [3.05, 3.63) is 30.3 Å². The Labute approximate surface area is 121 Å². The molecule has 1 heterocycles. The van der Waals surface area contributed by atoms with Crippen molar-refractivity contribution in [2.45, 2.75) is 25.9 Å². The third kappa shape index (κ3) is 4.99. The van der Waals surface area contributed by atoms with Crippen LogP contribution in [0.5, 0.6) is 5.75 Å². The van der Waals surface area contributed by atoms with Crippen molar-refractivity contribution in [1.29, 1.82) is 0 Å². The minimum absolute atomic E-state index is 0. The van der Waals surface area contributed by atoms with Gasteiger partial charge in [-0.1, -0.05) is 18.2 Å². The fourth-order valence-electron chi connectivity index (χ4n) is 2.29. The second-order valence-electron chi connectivity index (χ2n) is 4.90. The number of hydrazine groups is 1. The van der Waals surface area contributed by atoms with Gasteiger partial charge in [0.2, 0.25) is 0 Å². The number of ether oxygens (including phenoxy) is 1. The molecule has 2 unspecified atom stereocenters. The first kappa shape index (κ1) is 16.2. The number of benzene rings is 1. The summed E-state index contributed by atoms with van der Waals surface area (Å²) in [5.74, 6) is 1.56. The third-order valence-corrected chi connectivity index (χ3v) is 3.49. The molecule has 0 amide bonds. The summed E-state index contributed by atoms with van der Waals surface area (Å²) >= 11 is 0. The van der Waals surface area contributed by atoms with Crippen molar-refractivity contribution in [3.63, 3.8) is 0 Å². The molecule has 1 aromatic carbocycles. The Morgan fingerprint density at radius 1 is 1.11 bits per heavy atom. The van der Waals surface area contributed by atoms with Crippen molar-refractivity contribution in [2.24, 2.45) is 5.92 Å². The SMILES string of the molecule is CC1NNC(C)C1CNCCOc1ccccc1.Cl. The van der Waals surface area contributed by atoms with Gasteiger partial charge in [0, 0.05) is 31.1 Å². The molecule has 1 aliphatic rings. The van der Waals surface area contributed by atoms with Crippen LogP contribution in [0.4, 0.5) is 0 Å². The Morgan fingerprint density at radius 2 is 1.74 bits per heavy atom. The molecule has 5 heteroatoms. The first-order valence-corrected chi connectivity index (χ1v) is 6.67. The number of halogens is 1. The summed E-state index contributed by atoms with van der Waals surface area (Å²) in [5, 5.41) is 3.45. The maximum Gasteiger partial charge on any atom is 0.119 e. The normalized spacial score (nSPS) is 25.9. The smallest absolute Gasteiger partial charge is 0.119 e. The van der Waals surface area contributed by atoms with E-state index in [2.05, 4.69) is 30.0 Å². The second-order valence-corrected chi connectivity index (χ2v) is 4.90.